The van der Waals surface area contributed by atoms with Crippen LogP contribution in [-0.4, -0.2) is 8.42 Å². The van der Waals surface area contributed by atoms with Crippen molar-refractivity contribution < 1.29 is 13.2 Å². The molecular formula is C13H11Br2NO3S. The summed E-state index contributed by atoms with van der Waals surface area (Å²) in [5, 5.41) is 5.19. The lowest BCUT2D eigenvalue weighted by molar-refractivity contribution is 0.297. The second kappa shape index (κ2) is 6.26. The van der Waals surface area contributed by atoms with E-state index in [1.54, 1.807) is 12.1 Å². The molecule has 0 saturated carbocycles. The van der Waals surface area contributed by atoms with Crippen molar-refractivity contribution in [3.8, 4) is 5.75 Å². The Morgan fingerprint density at radius 2 is 1.80 bits per heavy atom. The molecule has 0 aromatic heterocycles. The van der Waals surface area contributed by atoms with Gasteiger partial charge in [0.1, 0.15) is 17.3 Å². The molecule has 0 saturated heterocycles. The topological polar surface area (TPSA) is 69.4 Å². The monoisotopic (exact) mass is 419 g/mol. The van der Waals surface area contributed by atoms with Crippen molar-refractivity contribution in [2.75, 3.05) is 0 Å². The zero-order valence-corrected chi connectivity index (χ0v) is 14.2. The molecule has 0 bridgehead atoms. The molecule has 0 aliphatic rings. The van der Waals surface area contributed by atoms with Gasteiger partial charge in [-0.1, -0.05) is 50.1 Å². The van der Waals surface area contributed by atoms with Crippen LogP contribution in [0.2, 0.25) is 0 Å². The SMILES string of the molecule is NS(=O)(=O)c1cc(Br)ccc1OCc1ccccc1Br. The van der Waals surface area contributed by atoms with Crippen LogP contribution in [0.4, 0.5) is 0 Å². The Morgan fingerprint density at radius 1 is 1.10 bits per heavy atom. The van der Waals surface area contributed by atoms with Gasteiger partial charge < -0.3 is 4.74 Å². The van der Waals surface area contributed by atoms with Crippen molar-refractivity contribution in [2.45, 2.75) is 11.5 Å². The molecule has 106 valence electrons. The van der Waals surface area contributed by atoms with Crippen molar-refractivity contribution in [1.82, 2.24) is 0 Å². The third-order valence-corrected chi connectivity index (χ3v) is 4.75. The zero-order valence-electron chi connectivity index (χ0n) is 10.2. The average molecular weight is 421 g/mol. The van der Waals surface area contributed by atoms with Gasteiger partial charge in [-0.2, -0.15) is 0 Å². The van der Waals surface area contributed by atoms with E-state index in [2.05, 4.69) is 31.9 Å². The molecule has 0 radical (unpaired) electrons. The molecule has 0 aliphatic heterocycles. The molecule has 20 heavy (non-hydrogen) atoms. The predicted octanol–water partition coefficient (Wildman–Crippen LogP) is 3.44. The lowest BCUT2D eigenvalue weighted by Gasteiger charge is -2.11. The highest BCUT2D eigenvalue weighted by Crippen LogP contribution is 2.28. The Balaban J connectivity index is 2.29. The highest BCUT2D eigenvalue weighted by Gasteiger charge is 2.16. The third-order valence-electron chi connectivity index (χ3n) is 2.55. The quantitative estimate of drug-likeness (QED) is 0.823. The standard InChI is InChI=1S/C13H11Br2NO3S/c14-10-5-6-12(13(7-10)20(16,17)18)19-8-9-3-1-2-4-11(9)15/h1-7H,8H2,(H2,16,17,18). The van der Waals surface area contributed by atoms with E-state index in [4.69, 9.17) is 9.88 Å². The highest BCUT2D eigenvalue weighted by atomic mass is 79.9. The van der Waals surface area contributed by atoms with Gasteiger partial charge in [0.25, 0.3) is 0 Å². The molecule has 2 rings (SSSR count). The molecule has 0 unspecified atom stereocenters. The van der Waals surface area contributed by atoms with Crippen LogP contribution in [0.3, 0.4) is 0 Å². The molecule has 0 aliphatic carbocycles. The fraction of sp³-hybridized carbons (Fsp3) is 0.0769. The van der Waals surface area contributed by atoms with Crippen molar-refractivity contribution >= 4 is 41.9 Å². The Bertz CT molecular complexity index is 732. The number of ether oxygens (including phenoxy) is 1. The van der Waals surface area contributed by atoms with Gasteiger partial charge in [0, 0.05) is 14.5 Å². The summed E-state index contributed by atoms with van der Waals surface area (Å²) in [5.41, 5.74) is 0.913. The lowest BCUT2D eigenvalue weighted by atomic mass is 10.2. The number of sulfonamides is 1. The summed E-state index contributed by atoms with van der Waals surface area (Å²) in [5.74, 6) is 0.228. The number of benzene rings is 2. The van der Waals surface area contributed by atoms with Crippen LogP contribution >= 0.6 is 31.9 Å². The summed E-state index contributed by atoms with van der Waals surface area (Å²) < 4.78 is 30.2. The Morgan fingerprint density at radius 3 is 2.45 bits per heavy atom. The van der Waals surface area contributed by atoms with E-state index in [1.807, 2.05) is 24.3 Å². The molecule has 2 aromatic carbocycles. The van der Waals surface area contributed by atoms with Crippen LogP contribution in [0.5, 0.6) is 5.75 Å². The minimum atomic E-state index is -3.84. The van der Waals surface area contributed by atoms with Crippen molar-refractivity contribution in [2.24, 2.45) is 5.14 Å². The molecule has 0 spiro atoms. The summed E-state index contributed by atoms with van der Waals surface area (Å²) in [6.45, 7) is 0.242. The molecule has 7 heteroatoms. The predicted molar refractivity (Wildman–Crippen MR) is 84.0 cm³/mol. The Labute approximate surface area is 134 Å². The first-order valence-electron chi connectivity index (χ1n) is 5.56. The molecule has 4 nitrogen and oxygen atoms in total. The van der Waals surface area contributed by atoms with Crippen LogP contribution in [0.25, 0.3) is 0 Å². The van der Waals surface area contributed by atoms with Crippen LogP contribution in [0.1, 0.15) is 5.56 Å². The maximum atomic E-state index is 11.6. The number of hydrogen-bond acceptors (Lipinski definition) is 3. The summed E-state index contributed by atoms with van der Waals surface area (Å²) in [4.78, 5) is -0.0427. The minimum absolute atomic E-state index is 0.0427. The van der Waals surface area contributed by atoms with E-state index < -0.39 is 10.0 Å². The van der Waals surface area contributed by atoms with E-state index in [0.29, 0.717) is 4.47 Å². The molecular weight excluding hydrogens is 410 g/mol. The van der Waals surface area contributed by atoms with Gasteiger partial charge >= 0.3 is 0 Å². The highest BCUT2D eigenvalue weighted by molar-refractivity contribution is 9.10. The van der Waals surface area contributed by atoms with E-state index in [1.165, 1.54) is 6.07 Å². The smallest absolute Gasteiger partial charge is 0.241 e. The van der Waals surface area contributed by atoms with Crippen LogP contribution in [0.15, 0.2) is 56.3 Å². The first-order valence-corrected chi connectivity index (χ1v) is 8.70. The van der Waals surface area contributed by atoms with E-state index in [0.717, 1.165) is 10.0 Å². The van der Waals surface area contributed by atoms with Gasteiger partial charge in [-0.15, -0.1) is 0 Å². The molecule has 0 fully saturated rings. The molecule has 0 atom stereocenters. The minimum Gasteiger partial charge on any atom is -0.487 e. The van der Waals surface area contributed by atoms with Gasteiger partial charge in [-0.25, -0.2) is 13.6 Å². The Hall–Kier alpha value is -0.890. The van der Waals surface area contributed by atoms with Crippen LogP contribution in [0, 0.1) is 0 Å². The summed E-state index contributed by atoms with van der Waals surface area (Å²) in [6.07, 6.45) is 0. The first kappa shape index (κ1) is 15.5. The molecule has 2 N–H and O–H groups in total. The summed E-state index contributed by atoms with van der Waals surface area (Å²) in [7, 11) is -3.84. The number of hydrogen-bond donors (Lipinski definition) is 1. The number of rotatable bonds is 4. The zero-order chi connectivity index (χ0) is 14.8. The van der Waals surface area contributed by atoms with Crippen molar-refractivity contribution in [3.63, 3.8) is 0 Å². The van der Waals surface area contributed by atoms with Gasteiger partial charge in [0.2, 0.25) is 10.0 Å². The van der Waals surface area contributed by atoms with Crippen LogP contribution in [-0.2, 0) is 16.6 Å². The maximum Gasteiger partial charge on any atom is 0.241 e. The number of nitrogens with two attached hydrogens (primary N) is 1. The molecule has 2 aromatic rings. The van der Waals surface area contributed by atoms with E-state index in [9.17, 15) is 8.42 Å². The Kier molecular flexibility index (Phi) is 4.85. The fourth-order valence-corrected chi connectivity index (χ4v) is 3.20. The normalized spacial score (nSPS) is 11.3. The molecule has 0 heterocycles. The summed E-state index contributed by atoms with van der Waals surface area (Å²) >= 11 is 6.62. The first-order chi connectivity index (χ1) is 9.38. The molecule has 0 amide bonds. The van der Waals surface area contributed by atoms with Crippen molar-refractivity contribution in [3.05, 3.63) is 57.0 Å². The fourth-order valence-electron chi connectivity index (χ4n) is 1.59. The van der Waals surface area contributed by atoms with Crippen LogP contribution < -0.4 is 9.88 Å². The number of halogens is 2. The summed E-state index contributed by atoms with van der Waals surface area (Å²) in [6, 6.07) is 12.2. The van der Waals surface area contributed by atoms with E-state index in [-0.39, 0.29) is 17.3 Å². The third kappa shape index (κ3) is 3.82. The largest absolute Gasteiger partial charge is 0.487 e. The van der Waals surface area contributed by atoms with Gasteiger partial charge in [-0.3, -0.25) is 0 Å². The van der Waals surface area contributed by atoms with Gasteiger partial charge in [-0.05, 0) is 24.3 Å². The van der Waals surface area contributed by atoms with Gasteiger partial charge in [0.05, 0.1) is 0 Å². The van der Waals surface area contributed by atoms with E-state index >= 15 is 0 Å². The van der Waals surface area contributed by atoms with Gasteiger partial charge in [0.15, 0.2) is 0 Å². The van der Waals surface area contributed by atoms with Crippen molar-refractivity contribution in [1.29, 1.82) is 0 Å². The maximum absolute atomic E-state index is 11.6. The second-order valence-electron chi connectivity index (χ2n) is 4.02. The average Bonchev–Trinajstić information content (AvgIpc) is 2.38. The number of primary sulfonamides is 1. The second-order valence-corrected chi connectivity index (χ2v) is 7.32. The lowest BCUT2D eigenvalue weighted by Crippen LogP contribution is -2.14.